The molecule has 0 aliphatic rings. The van der Waals surface area contributed by atoms with Gasteiger partial charge in [0.2, 0.25) is 0 Å². The van der Waals surface area contributed by atoms with Crippen molar-refractivity contribution in [3.05, 3.63) is 22.8 Å². The summed E-state index contributed by atoms with van der Waals surface area (Å²) in [6.07, 6.45) is 0. The SMILES string of the molecule is CNC(=O)Nc1c(C)cc(C)c(C)c1OC. The first-order chi connectivity index (χ1) is 7.51. The van der Waals surface area contributed by atoms with Crippen molar-refractivity contribution in [1.29, 1.82) is 0 Å². The number of ether oxygens (including phenoxy) is 1. The molecule has 2 amide bonds. The van der Waals surface area contributed by atoms with Gasteiger partial charge in [0.25, 0.3) is 0 Å². The first-order valence-corrected chi connectivity index (χ1v) is 5.14. The highest BCUT2D eigenvalue weighted by Crippen LogP contribution is 2.33. The number of methoxy groups -OCH3 is 1. The Morgan fingerprint density at radius 1 is 1.25 bits per heavy atom. The summed E-state index contributed by atoms with van der Waals surface area (Å²) in [5.74, 6) is 0.723. The monoisotopic (exact) mass is 222 g/mol. The molecule has 1 aromatic carbocycles. The summed E-state index contributed by atoms with van der Waals surface area (Å²) < 4.78 is 5.34. The van der Waals surface area contributed by atoms with Crippen molar-refractivity contribution in [2.45, 2.75) is 20.8 Å². The molecule has 4 nitrogen and oxygen atoms in total. The van der Waals surface area contributed by atoms with Gasteiger partial charge in [0.1, 0.15) is 5.75 Å². The van der Waals surface area contributed by atoms with Crippen LogP contribution >= 0.6 is 0 Å². The summed E-state index contributed by atoms with van der Waals surface area (Å²) in [7, 11) is 3.19. The fraction of sp³-hybridized carbons (Fsp3) is 0.417. The van der Waals surface area contributed by atoms with Gasteiger partial charge in [0, 0.05) is 7.05 Å². The minimum atomic E-state index is -0.246. The van der Waals surface area contributed by atoms with Crippen LogP contribution in [0.1, 0.15) is 16.7 Å². The number of hydrogen-bond donors (Lipinski definition) is 2. The van der Waals surface area contributed by atoms with Gasteiger partial charge in [-0.05, 0) is 37.5 Å². The van der Waals surface area contributed by atoms with Gasteiger partial charge in [-0.3, -0.25) is 0 Å². The number of amides is 2. The van der Waals surface area contributed by atoms with Gasteiger partial charge in [-0.15, -0.1) is 0 Å². The van der Waals surface area contributed by atoms with Crippen LogP contribution in [0.2, 0.25) is 0 Å². The molecule has 0 atom stereocenters. The van der Waals surface area contributed by atoms with Gasteiger partial charge in [-0.1, -0.05) is 6.07 Å². The number of benzene rings is 1. The second-order valence-electron chi connectivity index (χ2n) is 3.75. The summed E-state index contributed by atoms with van der Waals surface area (Å²) in [5.41, 5.74) is 3.91. The zero-order chi connectivity index (χ0) is 12.3. The minimum absolute atomic E-state index is 0.246. The molecule has 0 bridgehead atoms. The first-order valence-electron chi connectivity index (χ1n) is 5.14. The Balaban J connectivity index is 3.25. The topological polar surface area (TPSA) is 50.4 Å². The fourth-order valence-corrected chi connectivity index (χ4v) is 1.64. The largest absolute Gasteiger partial charge is 0.494 e. The molecule has 1 rings (SSSR count). The van der Waals surface area contributed by atoms with E-state index in [4.69, 9.17) is 4.74 Å². The average molecular weight is 222 g/mol. The van der Waals surface area contributed by atoms with Gasteiger partial charge in [0.05, 0.1) is 12.8 Å². The van der Waals surface area contributed by atoms with Crippen molar-refractivity contribution in [1.82, 2.24) is 5.32 Å². The van der Waals surface area contributed by atoms with E-state index in [2.05, 4.69) is 10.6 Å². The minimum Gasteiger partial charge on any atom is -0.494 e. The quantitative estimate of drug-likeness (QED) is 0.807. The summed E-state index contributed by atoms with van der Waals surface area (Å²) in [5, 5.41) is 5.29. The van der Waals surface area contributed by atoms with Crippen LogP contribution in [-0.2, 0) is 0 Å². The average Bonchev–Trinajstić information content (AvgIpc) is 2.26. The van der Waals surface area contributed by atoms with E-state index >= 15 is 0 Å². The third-order valence-corrected chi connectivity index (χ3v) is 2.66. The molecule has 0 saturated carbocycles. The molecule has 88 valence electrons. The van der Waals surface area contributed by atoms with Crippen LogP contribution in [0.4, 0.5) is 10.5 Å². The zero-order valence-electron chi connectivity index (χ0n) is 10.4. The maximum Gasteiger partial charge on any atom is 0.319 e. The van der Waals surface area contributed by atoms with E-state index in [9.17, 15) is 4.79 Å². The normalized spacial score (nSPS) is 9.81. The van der Waals surface area contributed by atoms with E-state index in [0.717, 1.165) is 28.1 Å². The zero-order valence-corrected chi connectivity index (χ0v) is 10.4. The van der Waals surface area contributed by atoms with Gasteiger partial charge in [0.15, 0.2) is 0 Å². The third-order valence-electron chi connectivity index (χ3n) is 2.66. The van der Waals surface area contributed by atoms with E-state index in [0.29, 0.717) is 0 Å². The highest BCUT2D eigenvalue weighted by atomic mass is 16.5. The van der Waals surface area contributed by atoms with Gasteiger partial charge < -0.3 is 15.4 Å². The van der Waals surface area contributed by atoms with Crippen LogP contribution in [0.15, 0.2) is 6.07 Å². The second kappa shape index (κ2) is 4.88. The van der Waals surface area contributed by atoms with Crippen molar-refractivity contribution < 1.29 is 9.53 Å². The van der Waals surface area contributed by atoms with Crippen molar-refractivity contribution in [2.24, 2.45) is 0 Å². The van der Waals surface area contributed by atoms with Crippen LogP contribution in [-0.4, -0.2) is 20.2 Å². The summed E-state index contributed by atoms with van der Waals surface area (Å²) >= 11 is 0. The number of carbonyl (C=O) groups is 1. The van der Waals surface area contributed by atoms with E-state index < -0.39 is 0 Å². The van der Waals surface area contributed by atoms with Gasteiger partial charge in [-0.25, -0.2) is 4.79 Å². The lowest BCUT2D eigenvalue weighted by Crippen LogP contribution is -2.25. The number of rotatable bonds is 2. The fourth-order valence-electron chi connectivity index (χ4n) is 1.64. The molecular weight excluding hydrogens is 204 g/mol. The number of urea groups is 1. The first kappa shape index (κ1) is 12.4. The van der Waals surface area contributed by atoms with Crippen LogP contribution in [0.5, 0.6) is 5.75 Å². The van der Waals surface area contributed by atoms with E-state index in [1.807, 2.05) is 26.8 Å². The van der Waals surface area contributed by atoms with E-state index in [1.165, 1.54) is 0 Å². The molecule has 16 heavy (non-hydrogen) atoms. The number of nitrogens with one attached hydrogen (secondary N) is 2. The Morgan fingerprint density at radius 3 is 2.38 bits per heavy atom. The number of anilines is 1. The molecule has 0 radical (unpaired) electrons. The van der Waals surface area contributed by atoms with Gasteiger partial charge in [-0.2, -0.15) is 0 Å². The van der Waals surface area contributed by atoms with Gasteiger partial charge >= 0.3 is 6.03 Å². The van der Waals surface area contributed by atoms with Crippen molar-refractivity contribution in [3.8, 4) is 5.75 Å². The van der Waals surface area contributed by atoms with Crippen molar-refractivity contribution in [2.75, 3.05) is 19.5 Å². The molecule has 0 fully saturated rings. The molecule has 0 aromatic heterocycles. The smallest absolute Gasteiger partial charge is 0.319 e. The van der Waals surface area contributed by atoms with E-state index in [-0.39, 0.29) is 6.03 Å². The van der Waals surface area contributed by atoms with Crippen molar-refractivity contribution in [3.63, 3.8) is 0 Å². The lowest BCUT2D eigenvalue weighted by molar-refractivity contribution is 0.254. The molecule has 0 aliphatic carbocycles. The third kappa shape index (κ3) is 2.27. The van der Waals surface area contributed by atoms with Crippen molar-refractivity contribution >= 4 is 11.7 Å². The molecule has 1 aromatic rings. The second-order valence-corrected chi connectivity index (χ2v) is 3.75. The predicted octanol–water partition coefficient (Wildman–Crippen LogP) is 2.37. The Kier molecular flexibility index (Phi) is 3.77. The summed E-state index contributed by atoms with van der Waals surface area (Å²) in [6.45, 7) is 5.94. The molecule has 0 saturated heterocycles. The molecule has 0 spiro atoms. The summed E-state index contributed by atoms with van der Waals surface area (Å²) in [6, 6.07) is 1.79. The maximum absolute atomic E-state index is 11.3. The Morgan fingerprint density at radius 2 is 1.88 bits per heavy atom. The Hall–Kier alpha value is -1.71. The van der Waals surface area contributed by atoms with Crippen LogP contribution < -0.4 is 15.4 Å². The van der Waals surface area contributed by atoms with E-state index in [1.54, 1.807) is 14.2 Å². The highest BCUT2D eigenvalue weighted by molar-refractivity contribution is 5.92. The molecule has 2 N–H and O–H groups in total. The Bertz CT molecular complexity index is 414. The maximum atomic E-state index is 11.3. The number of hydrogen-bond acceptors (Lipinski definition) is 2. The van der Waals surface area contributed by atoms with Crippen LogP contribution in [0.25, 0.3) is 0 Å². The predicted molar refractivity (Wildman–Crippen MR) is 65.3 cm³/mol. The summed E-state index contributed by atoms with van der Waals surface area (Å²) in [4.78, 5) is 11.3. The molecule has 0 aliphatic heterocycles. The number of carbonyl (C=O) groups excluding carboxylic acids is 1. The van der Waals surface area contributed by atoms with Crippen LogP contribution in [0, 0.1) is 20.8 Å². The standard InChI is InChI=1S/C12H18N2O2/c1-7-6-8(2)10(14-12(15)13-4)11(16-5)9(7)3/h6H,1-5H3,(H2,13,14,15). The lowest BCUT2D eigenvalue weighted by Gasteiger charge is -2.16. The molecule has 0 unspecified atom stereocenters. The van der Waals surface area contributed by atoms with Crippen LogP contribution in [0.3, 0.4) is 0 Å². The molecule has 0 heterocycles. The highest BCUT2D eigenvalue weighted by Gasteiger charge is 2.13. The molecule has 4 heteroatoms. The Labute approximate surface area is 96.0 Å². The number of aryl methyl sites for hydroxylation is 2. The lowest BCUT2D eigenvalue weighted by atomic mass is 10.0. The molecular formula is C12H18N2O2.